The van der Waals surface area contributed by atoms with Crippen molar-refractivity contribution in [1.82, 2.24) is 24.8 Å². The Kier molecular flexibility index (Phi) is 8.88. The first-order valence-corrected chi connectivity index (χ1v) is 16.0. The van der Waals surface area contributed by atoms with Crippen LogP contribution in [0.25, 0.3) is 11.0 Å². The summed E-state index contributed by atoms with van der Waals surface area (Å²) in [6.45, 7) is 3.87. The molecule has 1 aliphatic rings. The zero-order chi connectivity index (χ0) is 32.5. The maximum Gasteiger partial charge on any atom is 0.329 e. The molecule has 1 aliphatic heterocycles. The summed E-state index contributed by atoms with van der Waals surface area (Å²) in [6.07, 6.45) is 7.18. The molecule has 4 aromatic rings. The van der Waals surface area contributed by atoms with Gasteiger partial charge in [-0.2, -0.15) is 4.98 Å². The summed E-state index contributed by atoms with van der Waals surface area (Å²) in [4.78, 5) is 33.2. The van der Waals surface area contributed by atoms with Gasteiger partial charge in [-0.05, 0) is 57.6 Å². The van der Waals surface area contributed by atoms with Crippen LogP contribution in [0.3, 0.4) is 0 Å². The maximum absolute atomic E-state index is 12.6. The van der Waals surface area contributed by atoms with E-state index in [0.29, 0.717) is 23.0 Å². The standard InChI is InChI=1S/C29H36N10O5S/c1-18-15-22(25(44-5)16-23(18)38-13-9-19(10-14-38)36(2)3)34-29-32-17-24(39(40)41)28(35-29)33-21-8-7-20-26(31-12-11-30-20)27(21)37(4)45(6,42)43/h7-8,11-12,15-17,19H,9-10,13-14H2,1-6H3,(H2,32,33,34,35). The van der Waals surface area contributed by atoms with Crippen molar-refractivity contribution in [2.24, 2.45) is 0 Å². The number of nitro groups is 1. The number of ether oxygens (including phenoxy) is 1. The van der Waals surface area contributed by atoms with Gasteiger partial charge >= 0.3 is 5.69 Å². The molecule has 3 heterocycles. The topological polar surface area (TPSA) is 172 Å². The molecule has 0 amide bonds. The minimum absolute atomic E-state index is 0.0685. The Morgan fingerprint density at radius 1 is 1.04 bits per heavy atom. The Morgan fingerprint density at radius 2 is 1.76 bits per heavy atom. The van der Waals surface area contributed by atoms with Gasteiger partial charge in [0.05, 0.1) is 35.2 Å². The highest BCUT2D eigenvalue weighted by molar-refractivity contribution is 7.92. The third kappa shape index (κ3) is 6.66. The van der Waals surface area contributed by atoms with Crippen LogP contribution in [0.2, 0.25) is 0 Å². The largest absolute Gasteiger partial charge is 0.494 e. The Morgan fingerprint density at radius 3 is 2.40 bits per heavy atom. The molecular formula is C29H36N10O5S. The highest BCUT2D eigenvalue weighted by atomic mass is 32.2. The van der Waals surface area contributed by atoms with E-state index in [2.05, 4.69) is 54.5 Å². The van der Waals surface area contributed by atoms with Gasteiger partial charge in [0.2, 0.25) is 21.8 Å². The van der Waals surface area contributed by atoms with E-state index in [-0.39, 0.29) is 28.7 Å². The summed E-state index contributed by atoms with van der Waals surface area (Å²) in [5, 5.41) is 18.1. The third-order valence-corrected chi connectivity index (χ3v) is 9.12. The fourth-order valence-corrected chi connectivity index (χ4v) is 5.94. The first-order chi connectivity index (χ1) is 21.4. The van der Waals surface area contributed by atoms with Crippen LogP contribution in [0.4, 0.5) is 40.2 Å². The molecule has 0 unspecified atom stereocenters. The van der Waals surface area contributed by atoms with Crippen LogP contribution in [-0.4, -0.2) is 91.8 Å². The van der Waals surface area contributed by atoms with Crippen LogP contribution in [0, 0.1) is 17.0 Å². The number of anilines is 6. The summed E-state index contributed by atoms with van der Waals surface area (Å²) < 4.78 is 31.9. The van der Waals surface area contributed by atoms with E-state index in [0.717, 1.165) is 53.9 Å². The third-order valence-electron chi connectivity index (χ3n) is 7.95. The number of methoxy groups -OCH3 is 1. The summed E-state index contributed by atoms with van der Waals surface area (Å²) in [5.74, 6) is 0.478. The minimum atomic E-state index is -3.74. The molecule has 1 fully saturated rings. The number of aryl methyl sites for hydroxylation is 1. The highest BCUT2D eigenvalue weighted by Crippen LogP contribution is 2.39. The number of hydrogen-bond acceptors (Lipinski definition) is 13. The number of fused-ring (bicyclic) bond motifs is 1. The second kappa shape index (κ2) is 12.6. The number of piperidine rings is 1. The fraction of sp³-hybridized carbons (Fsp3) is 0.379. The molecule has 5 rings (SSSR count). The van der Waals surface area contributed by atoms with Gasteiger partial charge in [-0.15, -0.1) is 0 Å². The molecule has 1 saturated heterocycles. The average molecular weight is 637 g/mol. The zero-order valence-corrected chi connectivity index (χ0v) is 26.8. The lowest BCUT2D eigenvalue weighted by Crippen LogP contribution is -2.42. The SMILES string of the molecule is COc1cc(N2CCC(N(C)C)CC2)c(C)cc1Nc1ncc([N+](=O)[O-])c(Nc2ccc3nccnc3c2N(C)S(C)(=O)=O)n1. The molecule has 2 aromatic heterocycles. The van der Waals surface area contributed by atoms with Crippen molar-refractivity contribution in [3.8, 4) is 5.75 Å². The van der Waals surface area contributed by atoms with E-state index in [1.165, 1.54) is 19.4 Å². The van der Waals surface area contributed by atoms with Crippen molar-refractivity contribution in [2.45, 2.75) is 25.8 Å². The molecule has 16 heteroatoms. The molecule has 0 aliphatic carbocycles. The predicted molar refractivity (Wildman–Crippen MR) is 175 cm³/mol. The van der Waals surface area contributed by atoms with Crippen LogP contribution in [0.5, 0.6) is 5.75 Å². The number of rotatable bonds is 10. The number of aromatic nitrogens is 4. The Balaban J connectivity index is 1.49. The van der Waals surface area contributed by atoms with Crippen LogP contribution >= 0.6 is 0 Å². The van der Waals surface area contributed by atoms with Gasteiger partial charge in [0, 0.05) is 50.3 Å². The molecule has 15 nitrogen and oxygen atoms in total. The second-order valence-corrected chi connectivity index (χ2v) is 13.1. The zero-order valence-electron chi connectivity index (χ0n) is 26.0. The van der Waals surface area contributed by atoms with Crippen LogP contribution in [0.1, 0.15) is 18.4 Å². The summed E-state index contributed by atoms with van der Waals surface area (Å²) in [6, 6.07) is 7.66. The molecule has 0 saturated carbocycles. The number of hydrogen-bond donors (Lipinski definition) is 2. The minimum Gasteiger partial charge on any atom is -0.494 e. The molecule has 0 atom stereocenters. The van der Waals surface area contributed by atoms with E-state index >= 15 is 0 Å². The lowest BCUT2D eigenvalue weighted by Gasteiger charge is -2.37. The van der Waals surface area contributed by atoms with Gasteiger partial charge in [-0.25, -0.2) is 13.4 Å². The van der Waals surface area contributed by atoms with Crippen molar-refractivity contribution in [3.05, 3.63) is 58.5 Å². The van der Waals surface area contributed by atoms with E-state index < -0.39 is 20.6 Å². The molecular weight excluding hydrogens is 600 g/mol. The number of sulfonamides is 1. The Hall–Kier alpha value is -4.83. The van der Waals surface area contributed by atoms with Crippen LogP contribution in [0.15, 0.2) is 42.9 Å². The Labute approximate surface area is 261 Å². The lowest BCUT2D eigenvalue weighted by atomic mass is 10.0. The molecule has 0 spiro atoms. The molecule has 2 N–H and O–H groups in total. The average Bonchev–Trinajstić information content (AvgIpc) is 3.00. The van der Waals surface area contributed by atoms with Gasteiger partial charge in [0.1, 0.15) is 23.2 Å². The number of benzene rings is 2. The van der Waals surface area contributed by atoms with Gasteiger partial charge in [-0.3, -0.25) is 24.4 Å². The van der Waals surface area contributed by atoms with Gasteiger partial charge in [0.15, 0.2) is 0 Å². The summed E-state index contributed by atoms with van der Waals surface area (Å²) in [5.41, 5.74) is 3.38. The van der Waals surface area contributed by atoms with Crippen LogP contribution < -0.4 is 24.6 Å². The van der Waals surface area contributed by atoms with Crippen molar-refractivity contribution in [2.75, 3.05) is 67.4 Å². The maximum atomic E-state index is 12.6. The van der Waals surface area contributed by atoms with Gasteiger partial charge < -0.3 is 25.2 Å². The quantitative estimate of drug-likeness (QED) is 0.189. The first kappa shape index (κ1) is 31.6. The lowest BCUT2D eigenvalue weighted by molar-refractivity contribution is -0.384. The monoisotopic (exact) mass is 636 g/mol. The molecule has 2 aromatic carbocycles. The molecule has 0 radical (unpaired) electrons. The summed E-state index contributed by atoms with van der Waals surface area (Å²) in [7, 11) is 3.42. The van der Waals surface area contributed by atoms with Crippen LogP contribution in [-0.2, 0) is 10.0 Å². The van der Waals surface area contributed by atoms with Crippen molar-refractivity contribution in [3.63, 3.8) is 0 Å². The summed E-state index contributed by atoms with van der Waals surface area (Å²) >= 11 is 0. The van der Waals surface area contributed by atoms with E-state index in [9.17, 15) is 18.5 Å². The Bertz CT molecular complexity index is 1850. The van der Waals surface area contributed by atoms with E-state index in [1.807, 2.05) is 19.1 Å². The van der Waals surface area contributed by atoms with E-state index in [1.54, 1.807) is 19.2 Å². The predicted octanol–water partition coefficient (Wildman–Crippen LogP) is 4.06. The highest BCUT2D eigenvalue weighted by Gasteiger charge is 2.26. The smallest absolute Gasteiger partial charge is 0.329 e. The van der Waals surface area contributed by atoms with Crippen molar-refractivity contribution >= 4 is 61.3 Å². The molecule has 0 bridgehead atoms. The number of nitrogens with one attached hydrogen (secondary N) is 2. The fourth-order valence-electron chi connectivity index (χ4n) is 5.42. The van der Waals surface area contributed by atoms with Crippen molar-refractivity contribution < 1.29 is 18.1 Å². The normalized spacial score (nSPS) is 14.1. The van der Waals surface area contributed by atoms with Gasteiger partial charge in [0.25, 0.3) is 0 Å². The second-order valence-electron chi connectivity index (χ2n) is 11.1. The van der Waals surface area contributed by atoms with Crippen molar-refractivity contribution in [1.29, 1.82) is 0 Å². The number of nitrogens with zero attached hydrogens (tertiary/aromatic N) is 8. The van der Waals surface area contributed by atoms with E-state index in [4.69, 9.17) is 4.74 Å². The first-order valence-electron chi connectivity index (χ1n) is 14.2. The van der Waals surface area contributed by atoms with Gasteiger partial charge in [-0.1, -0.05) is 0 Å². The molecule has 238 valence electrons. The molecule has 45 heavy (non-hydrogen) atoms.